The second-order valence-corrected chi connectivity index (χ2v) is 7.34. The van der Waals surface area contributed by atoms with Crippen molar-refractivity contribution in [3.8, 4) is 0 Å². The van der Waals surface area contributed by atoms with Crippen LogP contribution in [0.2, 0.25) is 0 Å². The van der Waals surface area contributed by atoms with Gasteiger partial charge >= 0.3 is 0 Å². The summed E-state index contributed by atoms with van der Waals surface area (Å²) < 4.78 is 27.9. The minimum absolute atomic E-state index is 0.381. The number of halogens is 2. The third kappa shape index (κ3) is 4.26. The number of allylic oxidation sites excluding steroid dienone is 2. The highest BCUT2D eigenvalue weighted by Crippen LogP contribution is 2.41. The maximum absolute atomic E-state index is 14.1. The zero-order chi connectivity index (χ0) is 17.7. The van der Waals surface area contributed by atoms with Crippen molar-refractivity contribution in [2.24, 2.45) is 17.8 Å². The Hall–Kier alpha value is -1.18. The Bertz CT molecular complexity index is 566. The first-order chi connectivity index (χ1) is 11.6. The van der Waals surface area contributed by atoms with Crippen molar-refractivity contribution >= 4 is 5.57 Å². The van der Waals surface area contributed by atoms with Crippen LogP contribution in [-0.4, -0.2) is 0 Å². The molecule has 2 heteroatoms. The molecule has 0 aliphatic heterocycles. The summed E-state index contributed by atoms with van der Waals surface area (Å²) in [6.07, 6.45) is 10.6. The lowest BCUT2D eigenvalue weighted by Crippen LogP contribution is -2.22. The molecule has 0 heterocycles. The standard InChI is InChI=1S/C20H26F2.C2H6/c1-13-3-6-15(7-4-13)16-8-10-17(11-9-16)18-12-5-14(2)19(21)20(18)22;1-2/h5,10,12-13,15-16H,3-4,6-9,11H2,1-2H3;1-2H3. The van der Waals surface area contributed by atoms with E-state index in [-0.39, 0.29) is 0 Å². The van der Waals surface area contributed by atoms with Gasteiger partial charge in [-0.3, -0.25) is 0 Å². The molecule has 1 aromatic carbocycles. The fourth-order valence-corrected chi connectivity index (χ4v) is 4.18. The second-order valence-electron chi connectivity index (χ2n) is 7.34. The van der Waals surface area contributed by atoms with Gasteiger partial charge in [0.15, 0.2) is 11.6 Å². The van der Waals surface area contributed by atoms with Gasteiger partial charge in [-0.1, -0.05) is 51.8 Å². The SMILES string of the molecule is CC.Cc1ccc(C2=CCC(C3CCC(C)CC3)CC2)c(F)c1F. The molecule has 1 aromatic rings. The normalized spacial score (nSPS) is 27.1. The average Bonchev–Trinajstić information content (AvgIpc) is 2.63. The van der Waals surface area contributed by atoms with Gasteiger partial charge in [-0.2, -0.15) is 0 Å². The highest BCUT2D eigenvalue weighted by molar-refractivity contribution is 5.67. The van der Waals surface area contributed by atoms with Crippen LogP contribution in [0, 0.1) is 36.3 Å². The molecule has 0 saturated heterocycles. The summed E-state index contributed by atoms with van der Waals surface area (Å²) in [4.78, 5) is 0. The van der Waals surface area contributed by atoms with E-state index in [1.165, 1.54) is 25.7 Å². The Kier molecular flexibility index (Phi) is 7.01. The summed E-state index contributed by atoms with van der Waals surface area (Å²) in [5, 5.41) is 0. The highest BCUT2D eigenvalue weighted by atomic mass is 19.2. The van der Waals surface area contributed by atoms with E-state index >= 15 is 0 Å². The van der Waals surface area contributed by atoms with E-state index in [0.29, 0.717) is 11.1 Å². The molecule has 0 aromatic heterocycles. The Morgan fingerprint density at radius 2 is 1.54 bits per heavy atom. The molecule has 1 atom stereocenters. The molecule has 3 rings (SSSR count). The third-order valence-corrected chi connectivity index (χ3v) is 5.80. The first-order valence-electron chi connectivity index (χ1n) is 9.70. The molecule has 0 nitrogen and oxygen atoms in total. The summed E-state index contributed by atoms with van der Waals surface area (Å²) in [6, 6.07) is 3.42. The maximum atomic E-state index is 14.1. The van der Waals surface area contributed by atoms with Crippen molar-refractivity contribution in [1.29, 1.82) is 0 Å². The lowest BCUT2D eigenvalue weighted by molar-refractivity contribution is 0.202. The highest BCUT2D eigenvalue weighted by Gasteiger charge is 2.28. The zero-order valence-corrected chi connectivity index (χ0v) is 15.7. The van der Waals surface area contributed by atoms with Gasteiger partial charge in [0.05, 0.1) is 0 Å². The van der Waals surface area contributed by atoms with Crippen molar-refractivity contribution in [3.05, 3.63) is 41.0 Å². The maximum Gasteiger partial charge on any atom is 0.166 e. The molecule has 0 amide bonds. The molecule has 134 valence electrons. The first kappa shape index (κ1) is 19.1. The molecular formula is C22H32F2. The van der Waals surface area contributed by atoms with Crippen LogP contribution in [0.3, 0.4) is 0 Å². The van der Waals surface area contributed by atoms with E-state index in [0.717, 1.165) is 42.6 Å². The molecule has 24 heavy (non-hydrogen) atoms. The largest absolute Gasteiger partial charge is 0.203 e. The van der Waals surface area contributed by atoms with E-state index < -0.39 is 11.6 Å². The molecule has 1 saturated carbocycles. The molecule has 2 aliphatic carbocycles. The predicted molar refractivity (Wildman–Crippen MR) is 98.9 cm³/mol. The minimum atomic E-state index is -0.693. The van der Waals surface area contributed by atoms with Crippen LogP contribution in [0.5, 0.6) is 0 Å². The number of benzene rings is 1. The van der Waals surface area contributed by atoms with Gasteiger partial charge in [-0.25, -0.2) is 8.78 Å². The monoisotopic (exact) mass is 334 g/mol. The van der Waals surface area contributed by atoms with Gasteiger partial charge in [0, 0.05) is 5.56 Å². The van der Waals surface area contributed by atoms with Crippen molar-refractivity contribution in [2.75, 3.05) is 0 Å². The lowest BCUT2D eigenvalue weighted by atomic mass is 9.71. The Labute approximate surface area is 146 Å². The fourth-order valence-electron chi connectivity index (χ4n) is 4.18. The second kappa shape index (κ2) is 8.78. The smallest absolute Gasteiger partial charge is 0.166 e. The summed E-state index contributed by atoms with van der Waals surface area (Å²) >= 11 is 0. The van der Waals surface area contributed by atoms with Crippen LogP contribution in [0.4, 0.5) is 8.78 Å². The van der Waals surface area contributed by atoms with Crippen molar-refractivity contribution < 1.29 is 8.78 Å². The number of aryl methyl sites for hydroxylation is 1. The Morgan fingerprint density at radius 3 is 2.12 bits per heavy atom. The zero-order valence-electron chi connectivity index (χ0n) is 15.7. The fraction of sp³-hybridized carbons (Fsp3) is 0.636. The Balaban J connectivity index is 0.00000100. The Morgan fingerprint density at radius 1 is 0.875 bits per heavy atom. The van der Waals surface area contributed by atoms with Gasteiger partial charge < -0.3 is 0 Å². The molecule has 1 unspecified atom stereocenters. The van der Waals surface area contributed by atoms with Crippen molar-refractivity contribution in [1.82, 2.24) is 0 Å². The lowest BCUT2D eigenvalue weighted by Gasteiger charge is -2.34. The number of hydrogen-bond acceptors (Lipinski definition) is 0. The summed E-state index contributed by atoms with van der Waals surface area (Å²) in [5.41, 5.74) is 1.85. The van der Waals surface area contributed by atoms with Crippen LogP contribution in [0.1, 0.15) is 76.8 Å². The predicted octanol–water partition coefficient (Wildman–Crippen LogP) is 7.31. The number of hydrogen-bond donors (Lipinski definition) is 0. The molecule has 0 spiro atoms. The molecule has 1 fully saturated rings. The van der Waals surface area contributed by atoms with Crippen LogP contribution in [0.25, 0.3) is 5.57 Å². The number of rotatable bonds is 2. The first-order valence-corrected chi connectivity index (χ1v) is 9.70. The minimum Gasteiger partial charge on any atom is -0.203 e. The van der Waals surface area contributed by atoms with E-state index in [9.17, 15) is 8.78 Å². The molecule has 0 radical (unpaired) electrons. The quantitative estimate of drug-likeness (QED) is 0.532. The van der Waals surface area contributed by atoms with Gasteiger partial charge in [-0.15, -0.1) is 0 Å². The summed E-state index contributed by atoms with van der Waals surface area (Å²) in [7, 11) is 0. The molecular weight excluding hydrogens is 302 g/mol. The van der Waals surface area contributed by atoms with E-state index in [4.69, 9.17) is 0 Å². The van der Waals surface area contributed by atoms with E-state index in [1.807, 2.05) is 13.8 Å². The van der Waals surface area contributed by atoms with Crippen LogP contribution >= 0.6 is 0 Å². The van der Waals surface area contributed by atoms with E-state index in [1.54, 1.807) is 19.1 Å². The molecule has 0 bridgehead atoms. The average molecular weight is 334 g/mol. The van der Waals surface area contributed by atoms with Crippen LogP contribution in [0.15, 0.2) is 18.2 Å². The van der Waals surface area contributed by atoms with Crippen LogP contribution in [-0.2, 0) is 0 Å². The van der Waals surface area contributed by atoms with Gasteiger partial charge in [0.25, 0.3) is 0 Å². The van der Waals surface area contributed by atoms with Crippen molar-refractivity contribution in [3.63, 3.8) is 0 Å². The molecule has 0 N–H and O–H groups in total. The molecule has 2 aliphatic rings. The summed E-state index contributed by atoms with van der Waals surface area (Å²) in [6.45, 7) is 7.96. The third-order valence-electron chi connectivity index (χ3n) is 5.80. The van der Waals surface area contributed by atoms with Crippen molar-refractivity contribution in [2.45, 2.75) is 72.6 Å². The van der Waals surface area contributed by atoms with Gasteiger partial charge in [0.2, 0.25) is 0 Å². The van der Waals surface area contributed by atoms with Crippen LogP contribution < -0.4 is 0 Å². The summed E-state index contributed by atoms with van der Waals surface area (Å²) in [5.74, 6) is 1.11. The van der Waals surface area contributed by atoms with Gasteiger partial charge in [-0.05, 0) is 67.9 Å². The van der Waals surface area contributed by atoms with Gasteiger partial charge in [0.1, 0.15) is 0 Å². The van der Waals surface area contributed by atoms with E-state index in [2.05, 4.69) is 13.0 Å². The topological polar surface area (TPSA) is 0 Å².